The van der Waals surface area contributed by atoms with Gasteiger partial charge in [0.2, 0.25) is 10.0 Å². The number of halogens is 2. The molecule has 0 atom stereocenters. The van der Waals surface area contributed by atoms with Crippen LogP contribution in [0, 0.1) is 0 Å². The molecule has 0 saturated carbocycles. The minimum absolute atomic E-state index is 0.123. The summed E-state index contributed by atoms with van der Waals surface area (Å²) in [6.07, 6.45) is 1.98. The van der Waals surface area contributed by atoms with Crippen molar-refractivity contribution in [1.82, 2.24) is 9.73 Å². The van der Waals surface area contributed by atoms with E-state index in [0.717, 1.165) is 20.1 Å². The number of rotatable bonds is 9. The van der Waals surface area contributed by atoms with Crippen molar-refractivity contribution >= 4 is 54.0 Å². The number of hydrogen-bond acceptors (Lipinski definition) is 4. The van der Waals surface area contributed by atoms with Gasteiger partial charge in [0.15, 0.2) is 0 Å². The predicted octanol–water partition coefficient (Wildman–Crippen LogP) is 4.60. The lowest BCUT2D eigenvalue weighted by Crippen LogP contribution is -2.40. The average molecular weight is 579 g/mol. The van der Waals surface area contributed by atoms with E-state index in [1.54, 1.807) is 12.1 Å². The quantitative estimate of drug-likeness (QED) is 0.298. The summed E-state index contributed by atoms with van der Waals surface area (Å²) in [5, 5.41) is 3.96. The van der Waals surface area contributed by atoms with Gasteiger partial charge in [-0.15, -0.1) is 0 Å². The van der Waals surface area contributed by atoms with Gasteiger partial charge in [0.1, 0.15) is 0 Å². The van der Waals surface area contributed by atoms with Crippen LogP contribution in [-0.4, -0.2) is 37.9 Å². The number of hydrogen-bond donors (Lipinski definition) is 1. The standard InChI is InChI=1S/C23H21Br2N3O3S/c24-20-10-12-21(13-11-20)32(30,31)28(15-14-18-6-2-1-3-7-18)17-23(29)27-26-16-19-8-4-5-9-22(19)25/h1-13,16H,14-15,17H2,(H,27,29)/b26-16-. The molecule has 3 rings (SSSR count). The Morgan fingerprint density at radius 2 is 1.59 bits per heavy atom. The first-order chi connectivity index (χ1) is 15.4. The van der Waals surface area contributed by atoms with Crippen LogP contribution in [0.15, 0.2) is 97.8 Å². The summed E-state index contributed by atoms with van der Waals surface area (Å²) >= 11 is 6.72. The minimum atomic E-state index is -3.87. The number of benzene rings is 3. The van der Waals surface area contributed by atoms with E-state index in [4.69, 9.17) is 0 Å². The molecule has 1 N–H and O–H groups in total. The second-order valence-electron chi connectivity index (χ2n) is 6.84. The second kappa shape index (κ2) is 11.5. The minimum Gasteiger partial charge on any atom is -0.272 e. The van der Waals surface area contributed by atoms with Crippen molar-refractivity contribution in [3.8, 4) is 0 Å². The molecule has 0 spiro atoms. The predicted molar refractivity (Wildman–Crippen MR) is 133 cm³/mol. The van der Waals surface area contributed by atoms with E-state index < -0.39 is 15.9 Å². The fraction of sp³-hybridized carbons (Fsp3) is 0.130. The third-order valence-corrected chi connectivity index (χ3v) is 7.67. The van der Waals surface area contributed by atoms with Crippen LogP contribution in [-0.2, 0) is 21.2 Å². The summed E-state index contributed by atoms with van der Waals surface area (Å²) in [4.78, 5) is 12.6. The lowest BCUT2D eigenvalue weighted by molar-refractivity contribution is -0.121. The number of amides is 1. The van der Waals surface area contributed by atoms with E-state index in [1.807, 2.05) is 54.6 Å². The fourth-order valence-corrected chi connectivity index (χ4v) is 4.94. The lowest BCUT2D eigenvalue weighted by atomic mass is 10.1. The van der Waals surface area contributed by atoms with E-state index in [-0.39, 0.29) is 18.0 Å². The second-order valence-corrected chi connectivity index (χ2v) is 10.6. The molecule has 0 aliphatic heterocycles. The summed E-state index contributed by atoms with van der Waals surface area (Å²) in [6.45, 7) is -0.192. The van der Waals surface area contributed by atoms with Gasteiger partial charge in [-0.2, -0.15) is 9.41 Å². The monoisotopic (exact) mass is 577 g/mol. The Kier molecular flexibility index (Phi) is 8.75. The third kappa shape index (κ3) is 6.83. The summed E-state index contributed by atoms with van der Waals surface area (Å²) in [7, 11) is -3.87. The number of nitrogens with zero attached hydrogens (tertiary/aromatic N) is 2. The van der Waals surface area contributed by atoms with Crippen LogP contribution in [0.2, 0.25) is 0 Å². The van der Waals surface area contributed by atoms with Crippen LogP contribution in [0.3, 0.4) is 0 Å². The van der Waals surface area contributed by atoms with Gasteiger partial charge in [-0.05, 0) is 42.3 Å². The first-order valence-corrected chi connectivity index (χ1v) is 12.7. The van der Waals surface area contributed by atoms with E-state index in [2.05, 4.69) is 42.4 Å². The molecular formula is C23H21Br2N3O3S. The van der Waals surface area contributed by atoms with Crippen LogP contribution in [0.4, 0.5) is 0 Å². The molecule has 166 valence electrons. The van der Waals surface area contributed by atoms with Crippen molar-refractivity contribution in [2.75, 3.05) is 13.1 Å². The van der Waals surface area contributed by atoms with Crippen molar-refractivity contribution in [3.63, 3.8) is 0 Å². The maximum Gasteiger partial charge on any atom is 0.255 e. The Balaban J connectivity index is 1.74. The van der Waals surface area contributed by atoms with Crippen molar-refractivity contribution in [2.45, 2.75) is 11.3 Å². The molecule has 0 heterocycles. The molecule has 9 heteroatoms. The van der Waals surface area contributed by atoms with Gasteiger partial charge >= 0.3 is 0 Å². The highest BCUT2D eigenvalue weighted by Gasteiger charge is 2.26. The van der Waals surface area contributed by atoms with Gasteiger partial charge in [-0.1, -0.05) is 80.4 Å². The van der Waals surface area contributed by atoms with Crippen LogP contribution >= 0.6 is 31.9 Å². The number of nitrogens with one attached hydrogen (secondary N) is 1. The smallest absolute Gasteiger partial charge is 0.255 e. The first kappa shape index (κ1) is 24.3. The summed E-state index contributed by atoms with van der Waals surface area (Å²) in [5.74, 6) is -0.526. The normalized spacial score (nSPS) is 11.7. The molecule has 0 aliphatic carbocycles. The molecule has 0 aliphatic rings. The first-order valence-electron chi connectivity index (χ1n) is 9.72. The molecule has 3 aromatic rings. The van der Waals surface area contributed by atoms with Gasteiger partial charge in [0.05, 0.1) is 17.7 Å². The zero-order valence-electron chi connectivity index (χ0n) is 17.0. The summed E-state index contributed by atoms with van der Waals surface area (Å²) < 4.78 is 29.2. The topological polar surface area (TPSA) is 78.8 Å². The Bertz CT molecular complexity index is 1180. The number of carbonyl (C=O) groups is 1. The zero-order chi connectivity index (χ0) is 23.0. The van der Waals surface area contributed by atoms with Crippen LogP contribution in [0.5, 0.6) is 0 Å². The number of carbonyl (C=O) groups excluding carboxylic acids is 1. The van der Waals surface area contributed by atoms with Crippen molar-refractivity contribution < 1.29 is 13.2 Å². The molecule has 0 fully saturated rings. The average Bonchev–Trinajstić information content (AvgIpc) is 2.79. The molecule has 6 nitrogen and oxygen atoms in total. The van der Waals surface area contributed by atoms with E-state index >= 15 is 0 Å². The molecule has 3 aromatic carbocycles. The Morgan fingerprint density at radius 1 is 0.938 bits per heavy atom. The number of hydrazone groups is 1. The number of sulfonamides is 1. The molecular weight excluding hydrogens is 558 g/mol. The largest absolute Gasteiger partial charge is 0.272 e. The Morgan fingerprint density at radius 3 is 2.28 bits per heavy atom. The summed E-state index contributed by atoms with van der Waals surface area (Å²) in [6, 6.07) is 23.3. The molecule has 0 radical (unpaired) electrons. The summed E-state index contributed by atoms with van der Waals surface area (Å²) in [5.41, 5.74) is 4.19. The Labute approximate surface area is 204 Å². The molecule has 1 amide bonds. The fourth-order valence-electron chi connectivity index (χ4n) is 2.89. The molecule has 0 bridgehead atoms. The highest BCUT2D eigenvalue weighted by molar-refractivity contribution is 9.10. The zero-order valence-corrected chi connectivity index (χ0v) is 21.0. The van der Waals surface area contributed by atoms with Gasteiger partial charge < -0.3 is 0 Å². The van der Waals surface area contributed by atoms with Crippen LogP contribution < -0.4 is 5.43 Å². The molecule has 0 unspecified atom stereocenters. The van der Waals surface area contributed by atoms with Crippen molar-refractivity contribution in [1.29, 1.82) is 0 Å². The van der Waals surface area contributed by atoms with Gasteiger partial charge in [0, 0.05) is 21.1 Å². The van der Waals surface area contributed by atoms with Gasteiger partial charge in [-0.3, -0.25) is 4.79 Å². The highest BCUT2D eigenvalue weighted by Crippen LogP contribution is 2.19. The van der Waals surface area contributed by atoms with Crippen LogP contribution in [0.1, 0.15) is 11.1 Å². The maximum absolute atomic E-state index is 13.2. The van der Waals surface area contributed by atoms with Crippen molar-refractivity contribution in [3.05, 3.63) is 98.9 Å². The highest BCUT2D eigenvalue weighted by atomic mass is 79.9. The SMILES string of the molecule is O=C(CN(CCc1ccccc1)S(=O)(=O)c1ccc(Br)cc1)N/N=C\c1ccccc1Br. The Hall–Kier alpha value is -2.33. The van der Waals surface area contributed by atoms with Crippen LogP contribution in [0.25, 0.3) is 0 Å². The van der Waals surface area contributed by atoms with Gasteiger partial charge in [0.25, 0.3) is 5.91 Å². The van der Waals surface area contributed by atoms with E-state index in [1.165, 1.54) is 22.7 Å². The maximum atomic E-state index is 13.2. The third-order valence-electron chi connectivity index (χ3n) is 4.56. The molecule has 32 heavy (non-hydrogen) atoms. The molecule has 0 saturated heterocycles. The van der Waals surface area contributed by atoms with E-state index in [9.17, 15) is 13.2 Å². The van der Waals surface area contributed by atoms with Gasteiger partial charge in [-0.25, -0.2) is 13.8 Å². The molecule has 0 aromatic heterocycles. The van der Waals surface area contributed by atoms with Crippen molar-refractivity contribution in [2.24, 2.45) is 5.10 Å². The van der Waals surface area contributed by atoms with E-state index in [0.29, 0.717) is 6.42 Å². The lowest BCUT2D eigenvalue weighted by Gasteiger charge is -2.21.